The fraction of sp³-hybridized carbons (Fsp3) is 0.583. The molecule has 10 heteroatoms. The zero-order valence-electron chi connectivity index (χ0n) is 12.3. The van der Waals surface area contributed by atoms with Crippen LogP contribution in [0.5, 0.6) is 0 Å². The third-order valence-corrected chi connectivity index (χ3v) is 3.40. The Kier molecular flexibility index (Phi) is 4.13. The number of aryl methyl sites for hydroxylation is 2. The fourth-order valence-corrected chi connectivity index (χ4v) is 2.51. The van der Waals surface area contributed by atoms with Crippen LogP contribution in [0.15, 0.2) is 0 Å². The number of carboxylic acid groups (broad SMARTS) is 1. The normalized spacial score (nSPS) is 21.7. The number of hydrogen-bond donors (Lipinski definition) is 1. The number of nitro groups is 1. The number of amides is 1. The topological polar surface area (TPSA) is 128 Å². The average Bonchev–Trinajstić information content (AvgIpc) is 2.71. The SMILES string of the molecule is Cc1nn(C)c(C(=O)N2CC(C(=O)O)O[C@H](C)C2)c1[N+](=O)[O-]. The molecule has 1 aliphatic rings. The lowest BCUT2D eigenvalue weighted by atomic mass is 10.2. The zero-order valence-corrected chi connectivity index (χ0v) is 12.3. The maximum absolute atomic E-state index is 12.6. The van der Waals surface area contributed by atoms with Gasteiger partial charge in [0.25, 0.3) is 5.91 Å². The third kappa shape index (κ3) is 2.77. The number of carboxylic acids is 1. The van der Waals surface area contributed by atoms with E-state index < -0.39 is 29.0 Å². The smallest absolute Gasteiger partial charge is 0.334 e. The molecule has 0 radical (unpaired) electrons. The average molecular weight is 312 g/mol. The zero-order chi connectivity index (χ0) is 16.6. The van der Waals surface area contributed by atoms with E-state index in [4.69, 9.17) is 9.84 Å². The molecule has 1 aromatic rings. The number of hydrogen-bond acceptors (Lipinski definition) is 6. The number of carbonyl (C=O) groups is 2. The van der Waals surface area contributed by atoms with Crippen LogP contribution in [0.25, 0.3) is 0 Å². The largest absolute Gasteiger partial charge is 0.479 e. The highest BCUT2D eigenvalue weighted by Gasteiger charge is 2.37. The molecule has 1 fully saturated rings. The lowest BCUT2D eigenvalue weighted by Crippen LogP contribution is -2.52. The first kappa shape index (κ1) is 15.9. The van der Waals surface area contributed by atoms with Gasteiger partial charge in [-0.25, -0.2) is 4.79 Å². The second kappa shape index (κ2) is 5.72. The first-order chi connectivity index (χ1) is 10.2. The Balaban J connectivity index is 2.36. The molecule has 2 atom stereocenters. The summed E-state index contributed by atoms with van der Waals surface area (Å²) in [6.45, 7) is 3.07. The van der Waals surface area contributed by atoms with Crippen molar-refractivity contribution in [2.75, 3.05) is 13.1 Å². The van der Waals surface area contributed by atoms with Crippen molar-refractivity contribution >= 4 is 17.6 Å². The Morgan fingerprint density at radius 2 is 2.09 bits per heavy atom. The molecule has 120 valence electrons. The van der Waals surface area contributed by atoms with E-state index in [0.29, 0.717) is 0 Å². The molecule has 2 heterocycles. The van der Waals surface area contributed by atoms with Gasteiger partial charge < -0.3 is 14.7 Å². The lowest BCUT2D eigenvalue weighted by molar-refractivity contribution is -0.385. The highest BCUT2D eigenvalue weighted by molar-refractivity contribution is 5.97. The van der Waals surface area contributed by atoms with Crippen molar-refractivity contribution in [1.82, 2.24) is 14.7 Å². The number of aromatic nitrogens is 2. The maximum atomic E-state index is 12.6. The van der Waals surface area contributed by atoms with Gasteiger partial charge in [-0.2, -0.15) is 5.10 Å². The highest BCUT2D eigenvalue weighted by atomic mass is 16.6. The standard InChI is InChI=1S/C12H16N4O6/c1-6-4-15(5-8(22-6)12(18)19)11(17)10-9(16(20)21)7(2)13-14(10)3/h6,8H,4-5H2,1-3H3,(H,18,19)/t6-,8?/m1/s1. The molecule has 1 saturated heterocycles. The first-order valence-corrected chi connectivity index (χ1v) is 6.58. The van der Waals surface area contributed by atoms with Crippen molar-refractivity contribution in [2.45, 2.75) is 26.1 Å². The number of ether oxygens (including phenoxy) is 1. The second-order valence-corrected chi connectivity index (χ2v) is 5.15. The van der Waals surface area contributed by atoms with Gasteiger partial charge in [-0.1, -0.05) is 0 Å². The summed E-state index contributed by atoms with van der Waals surface area (Å²) in [5.41, 5.74) is -0.397. The predicted molar refractivity (Wildman–Crippen MR) is 72.5 cm³/mol. The molecule has 0 aliphatic carbocycles. The molecule has 0 bridgehead atoms. The van der Waals surface area contributed by atoms with Crippen LogP contribution in [0.1, 0.15) is 23.1 Å². The van der Waals surface area contributed by atoms with Gasteiger partial charge >= 0.3 is 11.7 Å². The van der Waals surface area contributed by atoms with E-state index in [9.17, 15) is 19.7 Å². The Bertz CT molecular complexity index is 640. The van der Waals surface area contributed by atoms with Crippen LogP contribution >= 0.6 is 0 Å². The summed E-state index contributed by atoms with van der Waals surface area (Å²) in [4.78, 5) is 35.4. The molecule has 10 nitrogen and oxygen atoms in total. The number of aliphatic carboxylic acids is 1. The summed E-state index contributed by atoms with van der Waals surface area (Å²) in [7, 11) is 1.44. The minimum atomic E-state index is -1.18. The molecule has 1 aromatic heterocycles. The van der Waals surface area contributed by atoms with Crippen molar-refractivity contribution in [3.63, 3.8) is 0 Å². The van der Waals surface area contributed by atoms with E-state index >= 15 is 0 Å². The Hall–Kier alpha value is -2.49. The number of morpholine rings is 1. The number of rotatable bonds is 3. The molecule has 0 saturated carbocycles. The molecule has 0 aromatic carbocycles. The molecule has 1 amide bonds. The lowest BCUT2D eigenvalue weighted by Gasteiger charge is -2.34. The molecule has 0 spiro atoms. The molecule has 22 heavy (non-hydrogen) atoms. The van der Waals surface area contributed by atoms with Crippen molar-refractivity contribution < 1.29 is 24.4 Å². The summed E-state index contributed by atoms with van der Waals surface area (Å²) in [5.74, 6) is -1.81. The van der Waals surface area contributed by atoms with Gasteiger partial charge in [0.1, 0.15) is 5.69 Å². The summed E-state index contributed by atoms with van der Waals surface area (Å²) in [6.07, 6.45) is -1.63. The van der Waals surface area contributed by atoms with Gasteiger partial charge in [-0.15, -0.1) is 0 Å². The molecule has 1 N–H and O–H groups in total. The third-order valence-electron chi connectivity index (χ3n) is 3.40. The summed E-state index contributed by atoms with van der Waals surface area (Å²) < 4.78 is 6.37. The van der Waals surface area contributed by atoms with Crippen LogP contribution in [0, 0.1) is 17.0 Å². The van der Waals surface area contributed by atoms with E-state index in [0.717, 1.165) is 4.68 Å². The van der Waals surface area contributed by atoms with Crippen molar-refractivity contribution in [3.05, 3.63) is 21.5 Å². The second-order valence-electron chi connectivity index (χ2n) is 5.15. The van der Waals surface area contributed by atoms with Gasteiger partial charge in [-0.05, 0) is 13.8 Å². The minimum absolute atomic E-state index is 0.131. The van der Waals surface area contributed by atoms with Gasteiger partial charge in [-0.3, -0.25) is 19.6 Å². The summed E-state index contributed by atoms with van der Waals surface area (Å²) in [5, 5.41) is 24.1. The van der Waals surface area contributed by atoms with E-state index in [1.807, 2.05) is 0 Å². The molecule has 1 unspecified atom stereocenters. The fourth-order valence-electron chi connectivity index (χ4n) is 2.51. The Morgan fingerprint density at radius 1 is 1.45 bits per heavy atom. The van der Waals surface area contributed by atoms with E-state index in [2.05, 4.69) is 5.10 Å². The van der Waals surface area contributed by atoms with Crippen LogP contribution in [0.3, 0.4) is 0 Å². The molecule has 1 aliphatic heterocycles. The number of carbonyl (C=O) groups excluding carboxylic acids is 1. The Labute approximate surface area is 125 Å². The van der Waals surface area contributed by atoms with Crippen LogP contribution in [-0.4, -0.2) is 61.9 Å². The first-order valence-electron chi connectivity index (χ1n) is 6.58. The molecular weight excluding hydrogens is 296 g/mol. The van der Waals surface area contributed by atoms with Crippen LogP contribution in [-0.2, 0) is 16.6 Å². The van der Waals surface area contributed by atoms with Gasteiger partial charge in [0, 0.05) is 13.6 Å². The van der Waals surface area contributed by atoms with E-state index in [1.54, 1.807) is 6.92 Å². The molecule has 2 rings (SSSR count). The monoisotopic (exact) mass is 312 g/mol. The van der Waals surface area contributed by atoms with Crippen LogP contribution in [0.2, 0.25) is 0 Å². The predicted octanol–water partition coefficient (Wildman–Crippen LogP) is -0.0492. The quantitative estimate of drug-likeness (QED) is 0.612. The summed E-state index contributed by atoms with van der Waals surface area (Å²) >= 11 is 0. The Morgan fingerprint density at radius 3 is 2.64 bits per heavy atom. The summed E-state index contributed by atoms with van der Waals surface area (Å²) in [6, 6.07) is 0. The minimum Gasteiger partial charge on any atom is -0.479 e. The maximum Gasteiger partial charge on any atom is 0.334 e. The number of nitrogens with zero attached hydrogens (tertiary/aromatic N) is 4. The van der Waals surface area contributed by atoms with Gasteiger partial charge in [0.2, 0.25) is 5.69 Å². The van der Waals surface area contributed by atoms with Crippen LogP contribution < -0.4 is 0 Å². The molecular formula is C12H16N4O6. The highest BCUT2D eigenvalue weighted by Crippen LogP contribution is 2.25. The van der Waals surface area contributed by atoms with Crippen molar-refractivity contribution in [1.29, 1.82) is 0 Å². The van der Waals surface area contributed by atoms with Gasteiger partial charge in [0.15, 0.2) is 6.10 Å². The van der Waals surface area contributed by atoms with E-state index in [1.165, 1.54) is 18.9 Å². The van der Waals surface area contributed by atoms with Crippen LogP contribution in [0.4, 0.5) is 5.69 Å². The van der Waals surface area contributed by atoms with Crippen molar-refractivity contribution in [2.24, 2.45) is 7.05 Å². The van der Waals surface area contributed by atoms with Gasteiger partial charge in [0.05, 0.1) is 17.6 Å². The van der Waals surface area contributed by atoms with Crippen molar-refractivity contribution in [3.8, 4) is 0 Å². The van der Waals surface area contributed by atoms with E-state index in [-0.39, 0.29) is 30.2 Å².